The van der Waals surface area contributed by atoms with Gasteiger partial charge in [-0.25, -0.2) is 10.2 Å². The van der Waals surface area contributed by atoms with Crippen LogP contribution in [0.25, 0.3) is 0 Å². The molecule has 0 saturated carbocycles. The van der Waals surface area contributed by atoms with Crippen LogP contribution in [0, 0.1) is 0 Å². The van der Waals surface area contributed by atoms with Crippen LogP contribution in [0.4, 0.5) is 4.79 Å². The number of carbonyl (C=O) groups excluding carboxylic acids is 1. The third-order valence-electron chi connectivity index (χ3n) is 1.66. The van der Waals surface area contributed by atoms with E-state index < -0.39 is 6.03 Å². The van der Waals surface area contributed by atoms with Gasteiger partial charge in [-0.2, -0.15) is 5.10 Å². The molecule has 86 valence electrons. The Morgan fingerprint density at radius 3 is 2.94 bits per heavy atom. The Hall–Kier alpha value is -1.76. The summed E-state index contributed by atoms with van der Waals surface area (Å²) in [4.78, 5) is 10.4. The topological polar surface area (TPSA) is 96.9 Å². The van der Waals surface area contributed by atoms with Crippen LogP contribution < -0.4 is 15.9 Å². The molecule has 0 heterocycles. The molecular formula is C9H10BrN3O3. The molecule has 0 saturated heterocycles. The number of carbonyl (C=O) groups is 1. The van der Waals surface area contributed by atoms with Gasteiger partial charge >= 0.3 is 6.03 Å². The van der Waals surface area contributed by atoms with Crippen LogP contribution >= 0.6 is 15.9 Å². The first-order chi connectivity index (χ1) is 7.54. The minimum absolute atomic E-state index is 0.00232. The normalized spacial score (nSPS) is 10.4. The average Bonchev–Trinajstić information content (AvgIpc) is 2.22. The number of phenols is 1. The van der Waals surface area contributed by atoms with Gasteiger partial charge in [0.15, 0.2) is 11.5 Å². The fourth-order valence-corrected chi connectivity index (χ4v) is 1.45. The SMILES string of the molecule is COc1cc(C=NNC(N)=O)cc(Br)c1O. The minimum atomic E-state index is -0.749. The van der Waals surface area contributed by atoms with Crippen molar-refractivity contribution < 1.29 is 14.6 Å². The number of ether oxygens (including phenoxy) is 1. The first-order valence-corrected chi connectivity index (χ1v) is 4.99. The maximum absolute atomic E-state index is 10.4. The lowest BCUT2D eigenvalue weighted by Crippen LogP contribution is -2.24. The molecule has 0 spiro atoms. The highest BCUT2D eigenvalue weighted by Gasteiger charge is 2.07. The summed E-state index contributed by atoms with van der Waals surface area (Å²) in [6.07, 6.45) is 1.37. The molecule has 0 radical (unpaired) electrons. The summed E-state index contributed by atoms with van der Waals surface area (Å²) in [7, 11) is 1.43. The Labute approximate surface area is 100 Å². The number of rotatable bonds is 3. The summed E-state index contributed by atoms with van der Waals surface area (Å²) in [5.41, 5.74) is 7.52. The lowest BCUT2D eigenvalue weighted by molar-refractivity contribution is 0.249. The number of hydrogen-bond donors (Lipinski definition) is 3. The fraction of sp³-hybridized carbons (Fsp3) is 0.111. The van der Waals surface area contributed by atoms with Gasteiger partial charge in [0.05, 0.1) is 17.8 Å². The Morgan fingerprint density at radius 1 is 1.69 bits per heavy atom. The highest BCUT2D eigenvalue weighted by atomic mass is 79.9. The highest BCUT2D eigenvalue weighted by Crippen LogP contribution is 2.34. The molecule has 0 aliphatic heterocycles. The number of benzene rings is 1. The van der Waals surface area contributed by atoms with E-state index in [1.165, 1.54) is 13.3 Å². The Morgan fingerprint density at radius 2 is 2.38 bits per heavy atom. The number of methoxy groups -OCH3 is 1. The number of phenolic OH excluding ortho intramolecular Hbond substituents is 1. The number of primary amides is 1. The predicted molar refractivity (Wildman–Crippen MR) is 62.7 cm³/mol. The molecule has 16 heavy (non-hydrogen) atoms. The second-order valence-corrected chi connectivity index (χ2v) is 3.64. The van der Waals surface area contributed by atoms with Gasteiger partial charge in [0.25, 0.3) is 0 Å². The van der Waals surface area contributed by atoms with Crippen molar-refractivity contribution in [3.05, 3.63) is 22.2 Å². The van der Waals surface area contributed by atoms with E-state index in [1.54, 1.807) is 12.1 Å². The van der Waals surface area contributed by atoms with Gasteiger partial charge in [-0.3, -0.25) is 0 Å². The molecule has 0 bridgehead atoms. The summed E-state index contributed by atoms with van der Waals surface area (Å²) in [6, 6.07) is 2.43. The van der Waals surface area contributed by atoms with Crippen molar-refractivity contribution in [3.8, 4) is 11.5 Å². The molecule has 1 aromatic carbocycles. The number of hydrogen-bond acceptors (Lipinski definition) is 4. The first kappa shape index (κ1) is 12.3. The van der Waals surface area contributed by atoms with Crippen LogP contribution in [-0.4, -0.2) is 24.5 Å². The van der Waals surface area contributed by atoms with Crippen molar-refractivity contribution >= 4 is 28.2 Å². The van der Waals surface area contributed by atoms with Gasteiger partial charge in [0.2, 0.25) is 0 Å². The first-order valence-electron chi connectivity index (χ1n) is 4.19. The van der Waals surface area contributed by atoms with Gasteiger partial charge in [-0.05, 0) is 33.6 Å². The summed E-state index contributed by atoms with van der Waals surface area (Å²) in [5.74, 6) is 0.303. The maximum Gasteiger partial charge on any atom is 0.332 e. The zero-order valence-electron chi connectivity index (χ0n) is 8.40. The molecule has 0 aromatic heterocycles. The molecule has 0 atom stereocenters. The van der Waals surface area contributed by atoms with E-state index in [-0.39, 0.29) is 5.75 Å². The minimum Gasteiger partial charge on any atom is -0.503 e. The van der Waals surface area contributed by atoms with Crippen molar-refractivity contribution in [2.45, 2.75) is 0 Å². The molecule has 0 aliphatic rings. The van der Waals surface area contributed by atoms with E-state index in [1.807, 2.05) is 0 Å². The van der Waals surface area contributed by atoms with Crippen LogP contribution in [0.5, 0.6) is 11.5 Å². The number of nitrogens with two attached hydrogens (primary N) is 1. The summed E-state index contributed by atoms with van der Waals surface area (Å²) >= 11 is 3.15. The van der Waals surface area contributed by atoms with Crippen molar-refractivity contribution in [2.24, 2.45) is 10.8 Å². The van der Waals surface area contributed by atoms with E-state index in [9.17, 15) is 9.90 Å². The second-order valence-electron chi connectivity index (χ2n) is 2.79. The smallest absolute Gasteiger partial charge is 0.332 e. The zero-order valence-corrected chi connectivity index (χ0v) is 9.98. The number of nitrogens with zero attached hydrogens (tertiary/aromatic N) is 1. The third kappa shape index (κ3) is 3.13. The second kappa shape index (κ2) is 5.36. The van der Waals surface area contributed by atoms with E-state index in [2.05, 4.69) is 26.5 Å². The Kier molecular flexibility index (Phi) is 4.12. The summed E-state index contributed by atoms with van der Waals surface area (Å²) < 4.78 is 5.41. The van der Waals surface area contributed by atoms with Crippen LogP contribution in [0.1, 0.15) is 5.56 Å². The third-order valence-corrected chi connectivity index (χ3v) is 2.26. The Bertz CT molecular complexity index is 434. The van der Waals surface area contributed by atoms with Crippen LogP contribution in [0.2, 0.25) is 0 Å². The number of halogens is 1. The van der Waals surface area contributed by atoms with Gasteiger partial charge in [0, 0.05) is 0 Å². The number of aromatic hydroxyl groups is 1. The molecule has 6 nitrogen and oxygen atoms in total. The highest BCUT2D eigenvalue weighted by molar-refractivity contribution is 9.10. The molecule has 1 aromatic rings. The lowest BCUT2D eigenvalue weighted by Gasteiger charge is -2.06. The molecule has 7 heteroatoms. The number of nitrogens with one attached hydrogen (secondary N) is 1. The quantitative estimate of drug-likeness (QED) is 0.575. The van der Waals surface area contributed by atoms with Crippen molar-refractivity contribution in [3.63, 3.8) is 0 Å². The summed E-state index contributed by atoms with van der Waals surface area (Å²) in [6.45, 7) is 0. The van der Waals surface area contributed by atoms with E-state index in [4.69, 9.17) is 10.5 Å². The Balaban J connectivity index is 2.93. The van der Waals surface area contributed by atoms with E-state index in [0.29, 0.717) is 15.8 Å². The summed E-state index contributed by atoms with van der Waals surface area (Å²) in [5, 5.41) is 13.1. The van der Waals surface area contributed by atoms with Crippen molar-refractivity contribution in [1.29, 1.82) is 0 Å². The molecule has 1 rings (SSSR count). The van der Waals surface area contributed by atoms with Crippen LogP contribution in [-0.2, 0) is 0 Å². The predicted octanol–water partition coefficient (Wildman–Crippen LogP) is 1.17. The maximum atomic E-state index is 10.4. The van der Waals surface area contributed by atoms with E-state index in [0.717, 1.165) is 0 Å². The molecular weight excluding hydrogens is 278 g/mol. The van der Waals surface area contributed by atoms with Crippen molar-refractivity contribution in [2.75, 3.05) is 7.11 Å². The number of amides is 2. The van der Waals surface area contributed by atoms with Gasteiger partial charge < -0.3 is 15.6 Å². The number of hydrazone groups is 1. The fourth-order valence-electron chi connectivity index (χ4n) is 0.994. The van der Waals surface area contributed by atoms with Gasteiger partial charge in [-0.15, -0.1) is 0 Å². The van der Waals surface area contributed by atoms with Crippen molar-refractivity contribution in [1.82, 2.24) is 5.43 Å². The zero-order chi connectivity index (χ0) is 12.1. The van der Waals surface area contributed by atoms with Gasteiger partial charge in [0.1, 0.15) is 0 Å². The van der Waals surface area contributed by atoms with Crippen LogP contribution in [0.3, 0.4) is 0 Å². The molecule has 0 unspecified atom stereocenters. The molecule has 4 N–H and O–H groups in total. The molecule has 2 amide bonds. The van der Waals surface area contributed by atoms with Crippen LogP contribution in [0.15, 0.2) is 21.7 Å². The molecule has 0 fully saturated rings. The van der Waals surface area contributed by atoms with Gasteiger partial charge in [-0.1, -0.05) is 0 Å². The van der Waals surface area contributed by atoms with E-state index >= 15 is 0 Å². The largest absolute Gasteiger partial charge is 0.503 e. The number of urea groups is 1. The molecule has 0 aliphatic carbocycles. The standard InChI is InChI=1S/C9H10BrN3O3/c1-16-7-3-5(2-6(10)8(7)14)4-12-13-9(11)15/h2-4,14H,1H3,(H3,11,13,15). The average molecular weight is 288 g/mol. The monoisotopic (exact) mass is 287 g/mol. The lowest BCUT2D eigenvalue weighted by atomic mass is 10.2.